The highest BCUT2D eigenvalue weighted by molar-refractivity contribution is 5.50. The third-order valence-electron chi connectivity index (χ3n) is 2.58. The van der Waals surface area contributed by atoms with E-state index < -0.39 is 4.92 Å². The topological polar surface area (TPSA) is 90.2 Å². The lowest BCUT2D eigenvalue weighted by Crippen LogP contribution is -2.01. The number of aromatic nitrogens is 2. The van der Waals surface area contributed by atoms with E-state index in [-0.39, 0.29) is 17.3 Å². The van der Waals surface area contributed by atoms with Crippen LogP contribution < -0.4 is 10.1 Å². The van der Waals surface area contributed by atoms with E-state index >= 15 is 0 Å². The van der Waals surface area contributed by atoms with E-state index in [0.717, 1.165) is 5.56 Å². The Morgan fingerprint density at radius 2 is 2.00 bits per heavy atom. The van der Waals surface area contributed by atoms with Crippen molar-refractivity contribution in [2.24, 2.45) is 0 Å². The summed E-state index contributed by atoms with van der Waals surface area (Å²) in [5.41, 5.74) is 1.47. The molecule has 7 nitrogen and oxygen atoms in total. The van der Waals surface area contributed by atoms with Gasteiger partial charge in [-0.1, -0.05) is 6.07 Å². The quantitative estimate of drug-likeness (QED) is 0.681. The molecule has 0 bridgehead atoms. The molecule has 0 fully saturated rings. The molecule has 0 amide bonds. The largest absolute Gasteiger partial charge is 0.432 e. The van der Waals surface area contributed by atoms with Crippen molar-refractivity contribution in [3.63, 3.8) is 0 Å². The molecule has 1 aromatic heterocycles. The fourth-order valence-electron chi connectivity index (χ4n) is 1.67. The summed E-state index contributed by atoms with van der Waals surface area (Å²) in [4.78, 5) is 18.8. The summed E-state index contributed by atoms with van der Waals surface area (Å²) in [6, 6.07) is 6.30. The lowest BCUT2D eigenvalue weighted by molar-refractivity contribution is -0.385. The number of rotatable bonds is 4. The predicted molar refractivity (Wildman–Crippen MR) is 74.2 cm³/mol. The van der Waals surface area contributed by atoms with Crippen molar-refractivity contribution >= 4 is 11.6 Å². The van der Waals surface area contributed by atoms with Crippen molar-refractivity contribution in [1.82, 2.24) is 9.97 Å². The van der Waals surface area contributed by atoms with Crippen LogP contribution in [-0.2, 0) is 0 Å². The molecule has 0 saturated carbocycles. The van der Waals surface area contributed by atoms with Gasteiger partial charge >= 0.3 is 5.69 Å². The lowest BCUT2D eigenvalue weighted by atomic mass is 10.2. The zero-order chi connectivity index (χ0) is 14.7. The number of hydrogen-bond acceptors (Lipinski definition) is 6. The Labute approximate surface area is 115 Å². The Hall–Kier alpha value is -2.70. The Morgan fingerprint density at radius 3 is 2.65 bits per heavy atom. The summed E-state index contributed by atoms with van der Waals surface area (Å²) in [6.45, 7) is 3.63. The summed E-state index contributed by atoms with van der Waals surface area (Å²) in [7, 11) is 1.69. The molecule has 7 heteroatoms. The van der Waals surface area contributed by atoms with Crippen LogP contribution in [0.15, 0.2) is 24.3 Å². The van der Waals surface area contributed by atoms with E-state index in [1.54, 1.807) is 32.2 Å². The number of anilines is 1. The van der Waals surface area contributed by atoms with Crippen LogP contribution in [0.25, 0.3) is 0 Å². The number of hydrogen-bond donors (Lipinski definition) is 1. The van der Waals surface area contributed by atoms with Crippen LogP contribution in [0.4, 0.5) is 11.6 Å². The van der Waals surface area contributed by atoms with Gasteiger partial charge in [-0.2, -0.15) is 4.98 Å². The second-order valence-corrected chi connectivity index (χ2v) is 4.25. The van der Waals surface area contributed by atoms with Crippen molar-refractivity contribution < 1.29 is 9.66 Å². The summed E-state index contributed by atoms with van der Waals surface area (Å²) in [6.07, 6.45) is 0. The molecule has 2 aromatic rings. The summed E-state index contributed by atoms with van der Waals surface area (Å²) < 4.78 is 5.54. The average molecular weight is 274 g/mol. The number of nitro groups is 1. The van der Waals surface area contributed by atoms with Gasteiger partial charge in [-0.05, 0) is 25.5 Å². The van der Waals surface area contributed by atoms with Gasteiger partial charge in [-0.25, -0.2) is 4.98 Å². The van der Waals surface area contributed by atoms with E-state index in [2.05, 4.69) is 15.3 Å². The maximum absolute atomic E-state index is 11.0. The van der Waals surface area contributed by atoms with Crippen molar-refractivity contribution in [2.75, 3.05) is 12.4 Å². The Bertz CT molecular complexity index is 658. The fourth-order valence-corrected chi connectivity index (χ4v) is 1.67. The van der Waals surface area contributed by atoms with E-state index in [1.807, 2.05) is 6.92 Å². The van der Waals surface area contributed by atoms with Crippen LogP contribution >= 0.6 is 0 Å². The first-order chi connectivity index (χ1) is 9.49. The minimum atomic E-state index is -0.484. The molecule has 104 valence electrons. The minimum absolute atomic E-state index is 0.0992. The highest BCUT2D eigenvalue weighted by Crippen LogP contribution is 2.31. The lowest BCUT2D eigenvalue weighted by Gasteiger charge is -2.08. The second kappa shape index (κ2) is 5.52. The molecular weight excluding hydrogens is 260 g/mol. The van der Waals surface area contributed by atoms with Crippen LogP contribution in [-0.4, -0.2) is 21.9 Å². The molecule has 0 aliphatic carbocycles. The van der Waals surface area contributed by atoms with Crippen LogP contribution in [0.2, 0.25) is 0 Å². The van der Waals surface area contributed by atoms with Crippen molar-refractivity contribution in [2.45, 2.75) is 13.8 Å². The smallest absolute Gasteiger partial charge is 0.311 e. The predicted octanol–water partition coefficient (Wildman–Crippen LogP) is 2.84. The molecular formula is C13H14N4O3. The van der Waals surface area contributed by atoms with Gasteiger partial charge in [0.15, 0.2) is 0 Å². The Morgan fingerprint density at radius 1 is 1.25 bits per heavy atom. The highest BCUT2D eigenvalue weighted by atomic mass is 16.6. The van der Waals surface area contributed by atoms with Crippen molar-refractivity contribution in [1.29, 1.82) is 0 Å². The monoisotopic (exact) mass is 274 g/mol. The van der Waals surface area contributed by atoms with Crippen molar-refractivity contribution in [3.8, 4) is 11.6 Å². The van der Waals surface area contributed by atoms with E-state index in [0.29, 0.717) is 11.6 Å². The maximum atomic E-state index is 11.0. The zero-order valence-corrected chi connectivity index (χ0v) is 11.4. The third-order valence-corrected chi connectivity index (χ3v) is 2.58. The summed E-state index contributed by atoms with van der Waals surface area (Å²) >= 11 is 0. The van der Waals surface area contributed by atoms with Crippen LogP contribution in [0, 0.1) is 24.0 Å². The third kappa shape index (κ3) is 3.00. The van der Waals surface area contributed by atoms with Crippen LogP contribution in [0.1, 0.15) is 11.3 Å². The van der Waals surface area contributed by atoms with Gasteiger partial charge in [0.2, 0.25) is 17.6 Å². The van der Waals surface area contributed by atoms with Gasteiger partial charge in [0.1, 0.15) is 0 Å². The molecule has 1 heterocycles. The van der Waals surface area contributed by atoms with E-state index in [9.17, 15) is 10.1 Å². The van der Waals surface area contributed by atoms with Crippen molar-refractivity contribution in [3.05, 3.63) is 45.6 Å². The minimum Gasteiger partial charge on any atom is -0.432 e. The molecule has 0 aliphatic rings. The van der Waals surface area contributed by atoms with Gasteiger partial charge in [0, 0.05) is 24.9 Å². The number of aryl methyl sites for hydroxylation is 2. The first kappa shape index (κ1) is 13.7. The molecule has 0 aliphatic heterocycles. The molecule has 1 aromatic carbocycles. The highest BCUT2D eigenvalue weighted by Gasteiger charge is 2.16. The normalized spacial score (nSPS) is 10.2. The Balaban J connectivity index is 2.41. The second-order valence-electron chi connectivity index (χ2n) is 4.25. The molecule has 0 unspecified atom stereocenters. The zero-order valence-electron chi connectivity index (χ0n) is 11.4. The molecule has 0 radical (unpaired) electrons. The standard InChI is InChI=1S/C13H14N4O3/c1-8-4-5-10(17(18)19)11(6-8)20-12-7-9(2)15-13(14-3)16-12/h4-7H,1-3H3,(H,14,15,16). The van der Waals surface area contributed by atoms with E-state index in [4.69, 9.17) is 4.74 Å². The first-order valence-corrected chi connectivity index (χ1v) is 5.96. The number of nitro benzene ring substituents is 1. The molecule has 0 spiro atoms. The van der Waals surface area contributed by atoms with Crippen LogP contribution in [0.3, 0.4) is 0 Å². The van der Waals surface area contributed by atoms with Gasteiger partial charge in [-0.3, -0.25) is 10.1 Å². The van der Waals surface area contributed by atoms with Gasteiger partial charge < -0.3 is 10.1 Å². The van der Waals surface area contributed by atoms with Crippen LogP contribution in [0.5, 0.6) is 11.6 Å². The summed E-state index contributed by atoms with van der Waals surface area (Å²) in [5, 5.41) is 13.8. The molecule has 2 rings (SSSR count). The molecule has 0 saturated heterocycles. The number of ether oxygens (including phenoxy) is 1. The van der Waals surface area contributed by atoms with Gasteiger partial charge in [-0.15, -0.1) is 0 Å². The first-order valence-electron chi connectivity index (χ1n) is 5.96. The summed E-state index contributed by atoms with van der Waals surface area (Å²) in [5.74, 6) is 0.820. The Kier molecular flexibility index (Phi) is 3.79. The molecule has 20 heavy (non-hydrogen) atoms. The fraction of sp³-hybridized carbons (Fsp3) is 0.231. The maximum Gasteiger partial charge on any atom is 0.311 e. The number of nitrogens with zero attached hydrogens (tertiary/aromatic N) is 3. The van der Waals surface area contributed by atoms with Gasteiger partial charge in [0.25, 0.3) is 0 Å². The average Bonchev–Trinajstić information content (AvgIpc) is 2.37. The SMILES string of the molecule is CNc1nc(C)cc(Oc2cc(C)ccc2[N+](=O)[O-])n1. The molecule has 1 N–H and O–H groups in total. The number of benzene rings is 1. The van der Waals surface area contributed by atoms with Gasteiger partial charge in [0.05, 0.1) is 4.92 Å². The van der Waals surface area contributed by atoms with E-state index in [1.165, 1.54) is 6.07 Å². The number of nitrogens with one attached hydrogen (secondary N) is 1. The molecule has 0 atom stereocenters.